The Morgan fingerprint density at radius 3 is 2.89 bits per heavy atom. The van der Waals surface area contributed by atoms with Gasteiger partial charge in [-0.1, -0.05) is 35.8 Å². The Bertz CT molecular complexity index is 420. The van der Waals surface area contributed by atoms with Gasteiger partial charge in [0.2, 0.25) is 0 Å². The smallest absolute Gasteiger partial charge is 0.131 e. The zero-order valence-corrected chi connectivity index (χ0v) is 13.8. The van der Waals surface area contributed by atoms with Gasteiger partial charge in [0, 0.05) is 35.1 Å². The number of hydrogen-bond donors (Lipinski definition) is 0. The van der Waals surface area contributed by atoms with E-state index in [0.717, 1.165) is 24.2 Å². The first kappa shape index (κ1) is 14.2. The number of halogens is 1. The monoisotopic (exact) mass is 328 g/mol. The molecule has 0 spiro atoms. The van der Waals surface area contributed by atoms with E-state index < -0.39 is 0 Å². The van der Waals surface area contributed by atoms with Crippen LogP contribution in [0.4, 0.5) is 5.82 Å². The lowest BCUT2D eigenvalue weighted by atomic mass is 10.1. The third-order valence-corrected chi connectivity index (χ3v) is 5.42. The molecular weight excluding hydrogens is 308 g/mol. The lowest BCUT2D eigenvalue weighted by molar-refractivity contribution is 0.634. The molecule has 1 aliphatic heterocycles. The van der Waals surface area contributed by atoms with E-state index in [4.69, 9.17) is 0 Å². The molecule has 2 rings (SSSR count). The van der Waals surface area contributed by atoms with E-state index in [0.29, 0.717) is 4.75 Å². The van der Waals surface area contributed by atoms with Crippen molar-refractivity contribution < 1.29 is 0 Å². The third-order valence-electron chi connectivity index (χ3n) is 3.40. The second-order valence-electron chi connectivity index (χ2n) is 5.46. The van der Waals surface area contributed by atoms with Crippen molar-refractivity contribution in [2.45, 2.75) is 37.3 Å². The number of anilines is 1. The SMILES string of the molecule is Cc1cc(CBr)cnc1N1CCSC(C)(C)CC1. The van der Waals surface area contributed by atoms with Crippen LogP contribution >= 0.6 is 27.7 Å². The molecule has 1 aromatic heterocycles. The highest BCUT2D eigenvalue weighted by Crippen LogP contribution is 2.32. The molecule has 0 aliphatic carbocycles. The molecule has 0 radical (unpaired) electrons. The second-order valence-corrected chi connectivity index (χ2v) is 7.83. The first-order chi connectivity index (χ1) is 8.52. The van der Waals surface area contributed by atoms with E-state index >= 15 is 0 Å². The molecule has 2 nitrogen and oxygen atoms in total. The van der Waals surface area contributed by atoms with Crippen molar-refractivity contribution in [3.8, 4) is 0 Å². The van der Waals surface area contributed by atoms with Gasteiger partial charge in [0.1, 0.15) is 5.82 Å². The lowest BCUT2D eigenvalue weighted by Crippen LogP contribution is -2.28. The quantitative estimate of drug-likeness (QED) is 0.763. The maximum absolute atomic E-state index is 4.65. The molecule has 0 amide bonds. The molecular formula is C14H21BrN2S. The van der Waals surface area contributed by atoms with E-state index in [1.54, 1.807) is 0 Å². The minimum Gasteiger partial charge on any atom is -0.356 e. The Hall–Kier alpha value is -0.220. The normalized spacial score (nSPS) is 19.7. The van der Waals surface area contributed by atoms with Crippen molar-refractivity contribution in [1.82, 2.24) is 4.98 Å². The minimum atomic E-state index is 0.401. The Labute approximate surface area is 123 Å². The van der Waals surface area contributed by atoms with Crippen LogP contribution in [-0.2, 0) is 5.33 Å². The maximum atomic E-state index is 4.65. The summed E-state index contributed by atoms with van der Waals surface area (Å²) in [6.45, 7) is 9.07. The van der Waals surface area contributed by atoms with Crippen molar-refractivity contribution >= 4 is 33.5 Å². The molecule has 100 valence electrons. The van der Waals surface area contributed by atoms with Gasteiger partial charge in [0.25, 0.3) is 0 Å². The fourth-order valence-electron chi connectivity index (χ4n) is 2.26. The van der Waals surface area contributed by atoms with Gasteiger partial charge < -0.3 is 4.90 Å². The number of hydrogen-bond acceptors (Lipinski definition) is 3. The van der Waals surface area contributed by atoms with E-state index in [9.17, 15) is 0 Å². The topological polar surface area (TPSA) is 16.1 Å². The Morgan fingerprint density at radius 1 is 1.44 bits per heavy atom. The van der Waals surface area contributed by atoms with Gasteiger partial charge >= 0.3 is 0 Å². The van der Waals surface area contributed by atoms with E-state index in [-0.39, 0.29) is 0 Å². The predicted molar refractivity (Wildman–Crippen MR) is 85.0 cm³/mol. The molecule has 0 unspecified atom stereocenters. The lowest BCUT2D eigenvalue weighted by Gasteiger charge is -2.24. The number of pyridine rings is 1. The first-order valence-electron chi connectivity index (χ1n) is 6.42. The molecule has 0 atom stereocenters. The Morgan fingerprint density at radius 2 is 2.22 bits per heavy atom. The molecule has 1 fully saturated rings. The number of aromatic nitrogens is 1. The van der Waals surface area contributed by atoms with Gasteiger partial charge in [-0.25, -0.2) is 4.98 Å². The zero-order chi connectivity index (χ0) is 13.2. The van der Waals surface area contributed by atoms with Gasteiger partial charge in [-0.05, 0) is 24.5 Å². The summed E-state index contributed by atoms with van der Waals surface area (Å²) in [5, 5.41) is 0.879. The standard InChI is InChI=1S/C14H21BrN2S/c1-11-8-12(9-15)10-16-13(11)17-5-4-14(2,3)18-7-6-17/h8,10H,4-7,9H2,1-3H3. The first-order valence-corrected chi connectivity index (χ1v) is 8.53. The van der Waals surface area contributed by atoms with E-state index in [1.165, 1.54) is 23.3 Å². The fourth-order valence-corrected chi connectivity index (χ4v) is 3.67. The molecule has 4 heteroatoms. The van der Waals surface area contributed by atoms with Gasteiger partial charge in [-0.2, -0.15) is 11.8 Å². The molecule has 0 N–H and O–H groups in total. The highest BCUT2D eigenvalue weighted by Gasteiger charge is 2.24. The average molecular weight is 329 g/mol. The number of thioether (sulfide) groups is 1. The van der Waals surface area contributed by atoms with Crippen molar-refractivity contribution in [3.63, 3.8) is 0 Å². The van der Waals surface area contributed by atoms with Crippen LogP contribution in [0.2, 0.25) is 0 Å². The van der Waals surface area contributed by atoms with Gasteiger partial charge in [-0.15, -0.1) is 0 Å². The van der Waals surface area contributed by atoms with Crippen LogP contribution in [-0.4, -0.2) is 28.6 Å². The van der Waals surface area contributed by atoms with Crippen LogP contribution in [0.15, 0.2) is 12.3 Å². The number of alkyl halides is 1. The van der Waals surface area contributed by atoms with Crippen molar-refractivity contribution in [2.24, 2.45) is 0 Å². The number of rotatable bonds is 2. The van der Waals surface area contributed by atoms with Gasteiger partial charge in [0.15, 0.2) is 0 Å². The van der Waals surface area contributed by atoms with Gasteiger partial charge in [-0.3, -0.25) is 0 Å². The van der Waals surface area contributed by atoms with Gasteiger partial charge in [0.05, 0.1) is 0 Å². The molecule has 1 aromatic rings. The minimum absolute atomic E-state index is 0.401. The predicted octanol–water partition coefficient (Wildman–Crippen LogP) is 4.01. The largest absolute Gasteiger partial charge is 0.356 e. The third kappa shape index (κ3) is 3.41. The van der Waals surface area contributed by atoms with Crippen LogP contribution in [0.25, 0.3) is 0 Å². The molecule has 1 saturated heterocycles. The summed E-state index contributed by atoms with van der Waals surface area (Å²) in [6.07, 6.45) is 3.21. The van der Waals surface area contributed by atoms with Crippen LogP contribution < -0.4 is 4.90 Å². The number of aryl methyl sites for hydroxylation is 1. The summed E-state index contributed by atoms with van der Waals surface area (Å²) in [5.74, 6) is 2.35. The molecule has 1 aliphatic rings. The summed E-state index contributed by atoms with van der Waals surface area (Å²) in [6, 6.07) is 2.24. The maximum Gasteiger partial charge on any atom is 0.131 e. The molecule has 0 saturated carbocycles. The molecule has 2 heterocycles. The average Bonchev–Trinajstić information content (AvgIpc) is 2.50. The number of nitrogens with zero attached hydrogens (tertiary/aromatic N) is 2. The van der Waals surface area contributed by atoms with Crippen LogP contribution in [0.3, 0.4) is 0 Å². The summed E-state index contributed by atoms with van der Waals surface area (Å²) >= 11 is 5.56. The highest BCUT2D eigenvalue weighted by molar-refractivity contribution is 9.08. The van der Waals surface area contributed by atoms with Crippen molar-refractivity contribution in [3.05, 3.63) is 23.4 Å². The summed E-state index contributed by atoms with van der Waals surface area (Å²) < 4.78 is 0.401. The summed E-state index contributed by atoms with van der Waals surface area (Å²) in [4.78, 5) is 7.09. The Balaban J connectivity index is 2.16. The summed E-state index contributed by atoms with van der Waals surface area (Å²) in [5.41, 5.74) is 2.54. The van der Waals surface area contributed by atoms with Crippen molar-refractivity contribution in [1.29, 1.82) is 0 Å². The molecule has 18 heavy (non-hydrogen) atoms. The van der Waals surface area contributed by atoms with E-state index in [2.05, 4.69) is 64.4 Å². The highest BCUT2D eigenvalue weighted by atomic mass is 79.9. The van der Waals surface area contributed by atoms with Crippen LogP contribution in [0.5, 0.6) is 0 Å². The van der Waals surface area contributed by atoms with Crippen LogP contribution in [0.1, 0.15) is 31.4 Å². The second kappa shape index (κ2) is 5.83. The molecule has 0 aromatic carbocycles. The fraction of sp³-hybridized carbons (Fsp3) is 0.643. The Kier molecular flexibility index (Phi) is 4.59. The molecule has 0 bridgehead atoms. The van der Waals surface area contributed by atoms with Crippen LogP contribution in [0, 0.1) is 6.92 Å². The van der Waals surface area contributed by atoms with Crippen molar-refractivity contribution in [2.75, 3.05) is 23.7 Å². The zero-order valence-electron chi connectivity index (χ0n) is 11.4. The summed E-state index contributed by atoms with van der Waals surface area (Å²) in [7, 11) is 0. The van der Waals surface area contributed by atoms with E-state index in [1.807, 2.05) is 6.20 Å².